The molecule has 0 unspecified atom stereocenters. The van der Waals surface area contributed by atoms with Gasteiger partial charge in [0.25, 0.3) is 5.91 Å². The van der Waals surface area contributed by atoms with Gasteiger partial charge in [0.1, 0.15) is 0 Å². The van der Waals surface area contributed by atoms with Crippen molar-refractivity contribution in [2.45, 2.75) is 45.6 Å². The molecule has 136 valence electrons. The molecule has 4 N–H and O–H groups in total. The van der Waals surface area contributed by atoms with E-state index in [-0.39, 0.29) is 30.8 Å². The molecular weight excluding hydrogens is 320 g/mol. The summed E-state index contributed by atoms with van der Waals surface area (Å²) in [4.78, 5) is 37.1. The summed E-state index contributed by atoms with van der Waals surface area (Å²) in [5.74, 6) is -0.181. The predicted octanol–water partition coefficient (Wildman–Crippen LogP) is 2.01. The highest BCUT2D eigenvalue weighted by Gasteiger charge is 2.24. The maximum atomic E-state index is 12.7. The lowest BCUT2D eigenvalue weighted by Crippen LogP contribution is -2.42. The van der Waals surface area contributed by atoms with Gasteiger partial charge in [0.2, 0.25) is 5.91 Å². The second kappa shape index (κ2) is 8.50. The number of nitrogens with zero attached hydrogens (tertiary/aromatic N) is 1. The highest BCUT2D eigenvalue weighted by molar-refractivity contribution is 5.96. The molecule has 7 heteroatoms. The third kappa shape index (κ3) is 5.20. The van der Waals surface area contributed by atoms with Gasteiger partial charge in [0.15, 0.2) is 0 Å². The Balaban J connectivity index is 1.98. The average Bonchev–Trinajstić information content (AvgIpc) is 2.56. The van der Waals surface area contributed by atoms with Gasteiger partial charge in [-0.25, -0.2) is 4.79 Å². The predicted molar refractivity (Wildman–Crippen MR) is 96.4 cm³/mol. The number of carbonyl (C=O) groups is 3. The van der Waals surface area contributed by atoms with Crippen LogP contribution in [-0.2, 0) is 4.79 Å². The van der Waals surface area contributed by atoms with E-state index in [1.807, 2.05) is 11.8 Å². The van der Waals surface area contributed by atoms with Gasteiger partial charge >= 0.3 is 6.03 Å². The molecule has 7 nitrogen and oxygen atoms in total. The number of amides is 4. The van der Waals surface area contributed by atoms with Gasteiger partial charge in [0.05, 0.1) is 0 Å². The minimum atomic E-state index is -0.654. The second-order valence-corrected chi connectivity index (χ2v) is 6.46. The zero-order chi connectivity index (χ0) is 18.4. The van der Waals surface area contributed by atoms with Crippen molar-refractivity contribution in [2.24, 2.45) is 5.73 Å². The van der Waals surface area contributed by atoms with Crippen molar-refractivity contribution in [3.05, 3.63) is 29.3 Å². The Hall–Kier alpha value is -2.57. The summed E-state index contributed by atoms with van der Waals surface area (Å²) in [6.45, 7) is 4.92. The zero-order valence-electron chi connectivity index (χ0n) is 14.8. The summed E-state index contributed by atoms with van der Waals surface area (Å²) in [6, 6.07) is 4.91. The van der Waals surface area contributed by atoms with Crippen LogP contribution in [0.5, 0.6) is 0 Å². The van der Waals surface area contributed by atoms with Gasteiger partial charge < -0.3 is 21.3 Å². The second-order valence-electron chi connectivity index (χ2n) is 6.46. The first-order valence-corrected chi connectivity index (χ1v) is 8.63. The Morgan fingerprint density at radius 3 is 2.68 bits per heavy atom. The molecule has 1 aromatic rings. The number of benzene rings is 1. The van der Waals surface area contributed by atoms with Gasteiger partial charge in [-0.15, -0.1) is 0 Å². The lowest BCUT2D eigenvalue weighted by Gasteiger charge is -2.33. The number of aryl methyl sites for hydroxylation is 1. The molecule has 0 aromatic heterocycles. The average molecular weight is 346 g/mol. The topological polar surface area (TPSA) is 105 Å². The summed E-state index contributed by atoms with van der Waals surface area (Å²) in [5, 5.41) is 5.15. The van der Waals surface area contributed by atoms with Crippen LogP contribution in [0.15, 0.2) is 18.2 Å². The summed E-state index contributed by atoms with van der Waals surface area (Å²) in [5.41, 5.74) is 7.08. The molecule has 0 saturated carbocycles. The van der Waals surface area contributed by atoms with Gasteiger partial charge in [-0.2, -0.15) is 0 Å². The van der Waals surface area contributed by atoms with E-state index in [0.717, 1.165) is 24.9 Å². The van der Waals surface area contributed by atoms with Gasteiger partial charge in [0, 0.05) is 36.8 Å². The number of rotatable bonds is 5. The Bertz CT molecular complexity index is 660. The van der Waals surface area contributed by atoms with Crippen LogP contribution in [-0.4, -0.2) is 41.9 Å². The molecule has 1 aromatic carbocycles. The number of nitrogens with one attached hydrogen (secondary N) is 2. The van der Waals surface area contributed by atoms with Crippen LogP contribution in [0.2, 0.25) is 0 Å². The van der Waals surface area contributed by atoms with Crippen LogP contribution in [0.3, 0.4) is 0 Å². The maximum Gasteiger partial charge on any atom is 0.312 e. The van der Waals surface area contributed by atoms with Crippen molar-refractivity contribution in [2.75, 3.05) is 18.4 Å². The van der Waals surface area contributed by atoms with Crippen LogP contribution in [0.4, 0.5) is 10.5 Å². The number of carbonyl (C=O) groups excluding carboxylic acids is 3. The van der Waals surface area contributed by atoms with E-state index in [1.165, 1.54) is 6.42 Å². The van der Waals surface area contributed by atoms with Crippen molar-refractivity contribution >= 4 is 23.5 Å². The number of urea groups is 1. The number of anilines is 1. The minimum absolute atomic E-state index is 0.0406. The zero-order valence-corrected chi connectivity index (χ0v) is 14.8. The van der Waals surface area contributed by atoms with Crippen LogP contribution < -0.4 is 16.4 Å². The highest BCUT2D eigenvalue weighted by Crippen LogP contribution is 2.22. The monoisotopic (exact) mass is 346 g/mol. The van der Waals surface area contributed by atoms with E-state index >= 15 is 0 Å². The van der Waals surface area contributed by atoms with Crippen molar-refractivity contribution in [1.29, 1.82) is 0 Å². The fraction of sp³-hybridized carbons (Fsp3) is 0.500. The van der Waals surface area contributed by atoms with Gasteiger partial charge in [-0.1, -0.05) is 0 Å². The maximum absolute atomic E-state index is 12.7. The third-order valence-electron chi connectivity index (χ3n) is 4.46. The Labute approximate surface area is 147 Å². The van der Waals surface area contributed by atoms with E-state index < -0.39 is 6.03 Å². The Kier molecular flexibility index (Phi) is 6.38. The molecule has 4 amide bonds. The van der Waals surface area contributed by atoms with Gasteiger partial charge in [-0.05, 0) is 56.9 Å². The quantitative estimate of drug-likeness (QED) is 0.759. The van der Waals surface area contributed by atoms with E-state index in [0.29, 0.717) is 11.3 Å². The molecule has 0 spiro atoms. The molecule has 25 heavy (non-hydrogen) atoms. The third-order valence-corrected chi connectivity index (χ3v) is 4.46. The molecule has 1 aliphatic heterocycles. The normalized spacial score (nSPS) is 17.0. The molecule has 2 rings (SSSR count). The number of hydrogen-bond donors (Lipinski definition) is 3. The van der Waals surface area contributed by atoms with Crippen molar-refractivity contribution in [3.63, 3.8) is 0 Å². The number of nitrogens with two attached hydrogens (primary N) is 1. The molecule has 1 aliphatic rings. The molecule has 1 atom stereocenters. The van der Waals surface area contributed by atoms with Crippen LogP contribution in [0.25, 0.3) is 0 Å². The van der Waals surface area contributed by atoms with Gasteiger partial charge in [-0.3, -0.25) is 9.59 Å². The molecule has 1 saturated heterocycles. The summed E-state index contributed by atoms with van der Waals surface area (Å²) < 4.78 is 0. The molecule has 1 fully saturated rings. The highest BCUT2D eigenvalue weighted by atomic mass is 16.2. The first kappa shape index (κ1) is 18.8. The molecule has 1 heterocycles. The van der Waals surface area contributed by atoms with Crippen molar-refractivity contribution in [1.82, 2.24) is 10.2 Å². The number of likely N-dealkylation sites (tertiary alicyclic amines) is 1. The molecule has 0 bridgehead atoms. The molecular formula is C18H26N4O3. The number of hydrogen-bond acceptors (Lipinski definition) is 3. The fourth-order valence-corrected chi connectivity index (χ4v) is 3.01. The number of piperidine rings is 1. The SMILES string of the molecule is Cc1cc(C(=O)N2CCCC[C@H]2C)ccc1NC(=O)CCNC(N)=O. The first-order valence-electron chi connectivity index (χ1n) is 8.63. The summed E-state index contributed by atoms with van der Waals surface area (Å²) in [7, 11) is 0. The molecule has 0 radical (unpaired) electrons. The van der Waals surface area contributed by atoms with E-state index in [4.69, 9.17) is 5.73 Å². The first-order chi connectivity index (χ1) is 11.9. The summed E-state index contributed by atoms with van der Waals surface area (Å²) >= 11 is 0. The van der Waals surface area contributed by atoms with E-state index in [9.17, 15) is 14.4 Å². The largest absolute Gasteiger partial charge is 0.352 e. The van der Waals surface area contributed by atoms with Crippen LogP contribution in [0, 0.1) is 6.92 Å². The molecule has 0 aliphatic carbocycles. The van der Waals surface area contributed by atoms with Crippen molar-refractivity contribution < 1.29 is 14.4 Å². The van der Waals surface area contributed by atoms with Crippen LogP contribution >= 0.6 is 0 Å². The lowest BCUT2D eigenvalue weighted by molar-refractivity contribution is -0.116. The lowest BCUT2D eigenvalue weighted by atomic mass is 10.0. The van der Waals surface area contributed by atoms with Crippen molar-refractivity contribution in [3.8, 4) is 0 Å². The standard InChI is InChI=1S/C18H26N4O3/c1-12-11-14(17(24)22-10-4-3-5-13(22)2)6-7-15(12)21-16(23)8-9-20-18(19)25/h6-7,11,13H,3-5,8-10H2,1-2H3,(H,21,23)(H3,19,20,25)/t13-/m1/s1. The Morgan fingerprint density at radius 1 is 1.28 bits per heavy atom. The van der Waals surface area contributed by atoms with E-state index in [1.54, 1.807) is 18.2 Å². The van der Waals surface area contributed by atoms with Crippen LogP contribution in [0.1, 0.15) is 48.5 Å². The van der Waals surface area contributed by atoms with E-state index in [2.05, 4.69) is 17.6 Å². The Morgan fingerprint density at radius 2 is 2.04 bits per heavy atom. The summed E-state index contributed by atoms with van der Waals surface area (Å²) in [6.07, 6.45) is 3.38. The fourth-order valence-electron chi connectivity index (χ4n) is 3.01. The minimum Gasteiger partial charge on any atom is -0.352 e. The number of primary amides is 1. The smallest absolute Gasteiger partial charge is 0.312 e.